The number of rotatable bonds is 5. The summed E-state index contributed by atoms with van der Waals surface area (Å²) in [7, 11) is 0. The van der Waals surface area contributed by atoms with Gasteiger partial charge in [-0.3, -0.25) is 4.79 Å². The summed E-state index contributed by atoms with van der Waals surface area (Å²) in [4.78, 5) is 23.2. The van der Waals surface area contributed by atoms with Crippen molar-refractivity contribution in [3.8, 4) is 0 Å². The summed E-state index contributed by atoms with van der Waals surface area (Å²) < 4.78 is 0. The third kappa shape index (κ3) is 3.00. The van der Waals surface area contributed by atoms with Crippen LogP contribution in [0.15, 0.2) is 41.8 Å². The molecule has 1 aromatic carbocycles. The van der Waals surface area contributed by atoms with Crippen LogP contribution in [0.3, 0.4) is 0 Å². The number of carboxylic acid groups (broad SMARTS) is 2. The van der Waals surface area contributed by atoms with Crippen LogP contribution in [0.1, 0.15) is 26.7 Å². The Labute approximate surface area is 114 Å². The number of aliphatic carboxylic acids is 1. The molecule has 98 valence electrons. The van der Waals surface area contributed by atoms with E-state index in [-0.39, 0.29) is 12.0 Å². The van der Waals surface area contributed by atoms with Gasteiger partial charge in [-0.05, 0) is 29.5 Å². The Morgan fingerprint density at radius 2 is 1.84 bits per heavy atom. The van der Waals surface area contributed by atoms with Gasteiger partial charge in [-0.15, -0.1) is 11.3 Å². The van der Waals surface area contributed by atoms with Gasteiger partial charge in [-0.2, -0.15) is 0 Å². The standard InChI is InChI=1S/C14H12O4S/c15-13(16)10-5-2-1-4-9(10)8-11(14(17)18)12-6-3-7-19-12/h1-7,11H,8H2,(H,15,16)(H,17,18). The fraction of sp³-hybridized carbons (Fsp3) is 0.143. The number of carbonyl (C=O) groups is 2. The van der Waals surface area contributed by atoms with Gasteiger partial charge in [0.15, 0.2) is 0 Å². The molecule has 0 aliphatic carbocycles. The van der Waals surface area contributed by atoms with Crippen molar-refractivity contribution in [2.45, 2.75) is 12.3 Å². The van der Waals surface area contributed by atoms with Crippen molar-refractivity contribution in [2.75, 3.05) is 0 Å². The van der Waals surface area contributed by atoms with E-state index in [9.17, 15) is 14.7 Å². The summed E-state index contributed by atoms with van der Waals surface area (Å²) in [6, 6.07) is 10.0. The van der Waals surface area contributed by atoms with E-state index in [1.165, 1.54) is 17.4 Å². The highest BCUT2D eigenvalue weighted by atomic mass is 32.1. The number of benzene rings is 1. The van der Waals surface area contributed by atoms with Crippen molar-refractivity contribution in [3.05, 3.63) is 57.8 Å². The lowest BCUT2D eigenvalue weighted by Crippen LogP contribution is -2.15. The highest BCUT2D eigenvalue weighted by Crippen LogP contribution is 2.26. The monoisotopic (exact) mass is 276 g/mol. The molecule has 0 bridgehead atoms. The Balaban J connectivity index is 2.33. The number of carboxylic acids is 2. The van der Waals surface area contributed by atoms with Crippen LogP contribution >= 0.6 is 11.3 Å². The van der Waals surface area contributed by atoms with E-state index in [2.05, 4.69) is 0 Å². The molecule has 0 aliphatic heterocycles. The molecular formula is C14H12O4S. The minimum atomic E-state index is -1.04. The zero-order valence-electron chi connectivity index (χ0n) is 9.95. The quantitative estimate of drug-likeness (QED) is 0.880. The van der Waals surface area contributed by atoms with E-state index in [1.807, 2.05) is 5.38 Å². The smallest absolute Gasteiger partial charge is 0.335 e. The molecule has 0 saturated carbocycles. The Morgan fingerprint density at radius 1 is 1.11 bits per heavy atom. The molecule has 2 rings (SSSR count). The van der Waals surface area contributed by atoms with Crippen molar-refractivity contribution in [1.29, 1.82) is 0 Å². The van der Waals surface area contributed by atoms with Gasteiger partial charge < -0.3 is 10.2 Å². The maximum atomic E-state index is 11.3. The fourth-order valence-electron chi connectivity index (χ4n) is 1.93. The lowest BCUT2D eigenvalue weighted by atomic mass is 9.94. The lowest BCUT2D eigenvalue weighted by Gasteiger charge is -2.12. The van der Waals surface area contributed by atoms with Crippen LogP contribution in [-0.2, 0) is 11.2 Å². The minimum Gasteiger partial charge on any atom is -0.481 e. The SMILES string of the molecule is O=C(O)c1ccccc1CC(C(=O)O)c1cccs1. The average molecular weight is 276 g/mol. The van der Waals surface area contributed by atoms with Gasteiger partial charge in [-0.25, -0.2) is 4.79 Å². The van der Waals surface area contributed by atoms with Gasteiger partial charge in [0.25, 0.3) is 0 Å². The van der Waals surface area contributed by atoms with Gasteiger partial charge in [0.05, 0.1) is 11.5 Å². The second kappa shape index (κ2) is 5.67. The summed E-state index contributed by atoms with van der Waals surface area (Å²) in [5.41, 5.74) is 0.695. The number of hydrogen-bond donors (Lipinski definition) is 2. The van der Waals surface area contributed by atoms with Crippen molar-refractivity contribution < 1.29 is 19.8 Å². The molecule has 0 spiro atoms. The third-order valence-corrected chi connectivity index (χ3v) is 3.84. The Kier molecular flexibility index (Phi) is 3.97. The molecule has 0 aliphatic rings. The zero-order chi connectivity index (χ0) is 13.8. The normalized spacial score (nSPS) is 12.0. The van der Waals surface area contributed by atoms with E-state index in [4.69, 9.17) is 5.11 Å². The van der Waals surface area contributed by atoms with Gasteiger partial charge in [0.2, 0.25) is 0 Å². The molecule has 0 fully saturated rings. The van der Waals surface area contributed by atoms with E-state index >= 15 is 0 Å². The highest BCUT2D eigenvalue weighted by Gasteiger charge is 2.23. The Bertz CT molecular complexity index is 589. The van der Waals surface area contributed by atoms with Gasteiger partial charge in [0, 0.05) is 4.88 Å². The molecule has 4 nitrogen and oxygen atoms in total. The molecule has 2 aromatic rings. The predicted octanol–water partition coefficient (Wildman–Crippen LogP) is 2.86. The molecule has 19 heavy (non-hydrogen) atoms. The molecule has 1 aromatic heterocycles. The van der Waals surface area contributed by atoms with Crippen LogP contribution in [0, 0.1) is 0 Å². The highest BCUT2D eigenvalue weighted by molar-refractivity contribution is 7.10. The minimum absolute atomic E-state index is 0.158. The first-order chi connectivity index (χ1) is 9.09. The Morgan fingerprint density at radius 3 is 2.42 bits per heavy atom. The number of aromatic carboxylic acids is 1. The van der Waals surface area contributed by atoms with Gasteiger partial charge in [0.1, 0.15) is 0 Å². The van der Waals surface area contributed by atoms with E-state index in [0.717, 1.165) is 4.88 Å². The van der Waals surface area contributed by atoms with Crippen molar-refractivity contribution in [2.24, 2.45) is 0 Å². The summed E-state index contributed by atoms with van der Waals surface area (Å²) in [5, 5.41) is 20.2. The van der Waals surface area contributed by atoms with Crippen LogP contribution in [0.5, 0.6) is 0 Å². The van der Waals surface area contributed by atoms with E-state index in [1.54, 1.807) is 30.3 Å². The van der Waals surface area contributed by atoms with Crippen LogP contribution < -0.4 is 0 Å². The largest absolute Gasteiger partial charge is 0.481 e. The second-order valence-electron chi connectivity index (χ2n) is 4.07. The fourth-order valence-corrected chi connectivity index (χ4v) is 2.75. The first-order valence-electron chi connectivity index (χ1n) is 5.67. The third-order valence-electron chi connectivity index (χ3n) is 2.86. The maximum Gasteiger partial charge on any atom is 0.335 e. The molecule has 0 amide bonds. The molecule has 1 atom stereocenters. The van der Waals surface area contributed by atoms with Crippen LogP contribution in [0.25, 0.3) is 0 Å². The number of thiophene rings is 1. The van der Waals surface area contributed by atoms with Gasteiger partial charge in [-0.1, -0.05) is 24.3 Å². The second-order valence-corrected chi connectivity index (χ2v) is 5.05. The van der Waals surface area contributed by atoms with Crippen LogP contribution in [0.4, 0.5) is 0 Å². The van der Waals surface area contributed by atoms with Crippen LogP contribution in [0.2, 0.25) is 0 Å². The molecule has 1 unspecified atom stereocenters. The molecule has 5 heteroatoms. The summed E-state index contributed by atoms with van der Waals surface area (Å²) in [5.74, 6) is -2.69. The summed E-state index contributed by atoms with van der Waals surface area (Å²) in [6.45, 7) is 0. The Hall–Kier alpha value is -2.14. The molecule has 0 radical (unpaired) electrons. The van der Waals surface area contributed by atoms with E-state index < -0.39 is 17.9 Å². The average Bonchev–Trinajstić information content (AvgIpc) is 2.89. The van der Waals surface area contributed by atoms with Crippen molar-refractivity contribution in [1.82, 2.24) is 0 Å². The molecule has 2 N–H and O–H groups in total. The topological polar surface area (TPSA) is 74.6 Å². The van der Waals surface area contributed by atoms with Crippen molar-refractivity contribution >= 4 is 23.3 Å². The molecule has 1 heterocycles. The van der Waals surface area contributed by atoms with Crippen LogP contribution in [-0.4, -0.2) is 22.2 Å². The zero-order valence-corrected chi connectivity index (χ0v) is 10.8. The summed E-state index contributed by atoms with van der Waals surface area (Å²) in [6.07, 6.45) is 0.179. The first kappa shape index (κ1) is 13.3. The molecule has 0 saturated heterocycles. The summed E-state index contributed by atoms with van der Waals surface area (Å²) >= 11 is 1.36. The van der Waals surface area contributed by atoms with Crippen molar-refractivity contribution in [3.63, 3.8) is 0 Å². The predicted molar refractivity (Wildman–Crippen MR) is 71.8 cm³/mol. The number of hydrogen-bond acceptors (Lipinski definition) is 3. The first-order valence-corrected chi connectivity index (χ1v) is 6.55. The molecular weight excluding hydrogens is 264 g/mol. The van der Waals surface area contributed by atoms with E-state index in [0.29, 0.717) is 5.56 Å². The lowest BCUT2D eigenvalue weighted by molar-refractivity contribution is -0.138. The van der Waals surface area contributed by atoms with Gasteiger partial charge >= 0.3 is 11.9 Å². The maximum absolute atomic E-state index is 11.3.